The molecule has 20 heavy (non-hydrogen) atoms. The van der Waals surface area contributed by atoms with E-state index in [2.05, 4.69) is 20.6 Å². The number of methoxy groups -OCH3 is 1. The third kappa shape index (κ3) is 6.68. The van der Waals surface area contributed by atoms with Gasteiger partial charge in [-0.2, -0.15) is 0 Å². The van der Waals surface area contributed by atoms with E-state index in [0.717, 1.165) is 44.0 Å². The van der Waals surface area contributed by atoms with Crippen LogP contribution in [0.15, 0.2) is 6.07 Å². The van der Waals surface area contributed by atoms with Crippen LogP contribution < -0.4 is 10.6 Å². The Morgan fingerprint density at radius 2 is 1.95 bits per heavy atom. The predicted octanol–water partition coefficient (Wildman–Crippen LogP) is 2.28. The van der Waals surface area contributed by atoms with Crippen LogP contribution in [0, 0.1) is 0 Å². The van der Waals surface area contributed by atoms with Crippen molar-refractivity contribution in [3.05, 3.63) is 11.9 Å². The van der Waals surface area contributed by atoms with Crippen molar-refractivity contribution in [1.82, 2.24) is 9.97 Å². The molecule has 0 spiro atoms. The van der Waals surface area contributed by atoms with Crippen molar-refractivity contribution in [1.29, 1.82) is 0 Å². The average molecular weight is 282 g/mol. The van der Waals surface area contributed by atoms with E-state index in [9.17, 15) is 0 Å². The Morgan fingerprint density at radius 3 is 2.65 bits per heavy atom. The summed E-state index contributed by atoms with van der Waals surface area (Å²) in [5.74, 6) is 2.34. The smallest absolute Gasteiger partial charge is 0.158 e. The van der Waals surface area contributed by atoms with Crippen molar-refractivity contribution in [2.24, 2.45) is 0 Å². The second kappa shape index (κ2) is 10.4. The third-order valence-electron chi connectivity index (χ3n) is 2.80. The first-order valence-electron chi connectivity index (χ1n) is 7.16. The van der Waals surface area contributed by atoms with Crippen molar-refractivity contribution in [2.45, 2.75) is 32.8 Å². The van der Waals surface area contributed by atoms with Gasteiger partial charge in [0, 0.05) is 40.0 Å². The lowest BCUT2D eigenvalue weighted by Gasteiger charge is -2.10. The summed E-state index contributed by atoms with van der Waals surface area (Å²) in [5.41, 5.74) is 0. The first-order chi connectivity index (χ1) is 9.80. The lowest BCUT2D eigenvalue weighted by atomic mass is 10.2. The molecule has 1 aromatic heterocycles. The molecule has 6 heteroatoms. The minimum Gasteiger partial charge on any atom is -0.385 e. The summed E-state index contributed by atoms with van der Waals surface area (Å²) in [4.78, 5) is 8.80. The van der Waals surface area contributed by atoms with Crippen LogP contribution in [0.3, 0.4) is 0 Å². The standard InChI is InChI=1S/C14H26N4O2/c1-4-20-11-14-17-12(15-2)10-13(18-14)16-8-6-5-7-9-19-3/h10H,4-9,11H2,1-3H3,(H2,15,16,17,18). The summed E-state index contributed by atoms with van der Waals surface area (Å²) < 4.78 is 10.4. The van der Waals surface area contributed by atoms with Gasteiger partial charge in [-0.15, -0.1) is 0 Å². The van der Waals surface area contributed by atoms with Crippen LogP contribution in [0.1, 0.15) is 32.0 Å². The number of nitrogens with one attached hydrogen (secondary N) is 2. The molecule has 1 aromatic rings. The van der Waals surface area contributed by atoms with E-state index in [0.29, 0.717) is 19.0 Å². The highest BCUT2D eigenvalue weighted by Crippen LogP contribution is 2.12. The van der Waals surface area contributed by atoms with E-state index in [1.807, 2.05) is 20.0 Å². The maximum Gasteiger partial charge on any atom is 0.158 e. The minimum absolute atomic E-state index is 0.439. The molecule has 0 unspecified atom stereocenters. The monoisotopic (exact) mass is 282 g/mol. The van der Waals surface area contributed by atoms with Gasteiger partial charge in [0.25, 0.3) is 0 Å². The molecule has 0 aliphatic rings. The SMILES string of the molecule is CCOCc1nc(NC)cc(NCCCCCOC)n1. The molecule has 0 bridgehead atoms. The van der Waals surface area contributed by atoms with E-state index in [-0.39, 0.29) is 0 Å². The molecule has 6 nitrogen and oxygen atoms in total. The van der Waals surface area contributed by atoms with Crippen LogP contribution in [-0.2, 0) is 16.1 Å². The largest absolute Gasteiger partial charge is 0.385 e. The van der Waals surface area contributed by atoms with Gasteiger partial charge < -0.3 is 20.1 Å². The van der Waals surface area contributed by atoms with Gasteiger partial charge in [-0.1, -0.05) is 0 Å². The van der Waals surface area contributed by atoms with Gasteiger partial charge >= 0.3 is 0 Å². The van der Waals surface area contributed by atoms with Crippen molar-refractivity contribution >= 4 is 11.6 Å². The van der Waals surface area contributed by atoms with Crippen LogP contribution in [0.4, 0.5) is 11.6 Å². The van der Waals surface area contributed by atoms with E-state index in [1.54, 1.807) is 7.11 Å². The molecule has 0 radical (unpaired) electrons. The average Bonchev–Trinajstić information content (AvgIpc) is 2.48. The van der Waals surface area contributed by atoms with Crippen molar-refractivity contribution in [3.63, 3.8) is 0 Å². The first-order valence-corrected chi connectivity index (χ1v) is 7.16. The Labute approximate surface area is 121 Å². The molecule has 0 saturated carbocycles. The molecular weight excluding hydrogens is 256 g/mol. The van der Waals surface area contributed by atoms with Crippen molar-refractivity contribution in [3.8, 4) is 0 Å². The molecule has 0 aromatic carbocycles. The van der Waals surface area contributed by atoms with Gasteiger partial charge in [0.05, 0.1) is 0 Å². The topological polar surface area (TPSA) is 68.3 Å². The fraction of sp³-hybridized carbons (Fsp3) is 0.714. The number of hydrogen-bond acceptors (Lipinski definition) is 6. The van der Waals surface area contributed by atoms with Crippen LogP contribution in [0.2, 0.25) is 0 Å². The van der Waals surface area contributed by atoms with Gasteiger partial charge in [-0.05, 0) is 26.2 Å². The highest BCUT2D eigenvalue weighted by Gasteiger charge is 2.03. The van der Waals surface area contributed by atoms with Crippen molar-refractivity contribution in [2.75, 3.05) is 44.5 Å². The molecule has 0 aliphatic heterocycles. The van der Waals surface area contributed by atoms with Crippen molar-refractivity contribution < 1.29 is 9.47 Å². The molecule has 1 rings (SSSR count). The molecule has 0 saturated heterocycles. The maximum absolute atomic E-state index is 5.35. The fourth-order valence-corrected chi connectivity index (χ4v) is 1.74. The Hall–Kier alpha value is -1.40. The zero-order valence-electron chi connectivity index (χ0n) is 12.7. The Bertz CT molecular complexity index is 374. The third-order valence-corrected chi connectivity index (χ3v) is 2.80. The van der Waals surface area contributed by atoms with Crippen LogP contribution in [0.25, 0.3) is 0 Å². The van der Waals surface area contributed by atoms with Gasteiger partial charge in [0.15, 0.2) is 5.82 Å². The highest BCUT2D eigenvalue weighted by atomic mass is 16.5. The summed E-state index contributed by atoms with van der Waals surface area (Å²) >= 11 is 0. The maximum atomic E-state index is 5.35. The molecule has 0 aliphatic carbocycles. The van der Waals surface area contributed by atoms with Gasteiger partial charge in [-0.3, -0.25) is 0 Å². The minimum atomic E-state index is 0.439. The number of ether oxygens (including phenoxy) is 2. The molecule has 0 fully saturated rings. The van der Waals surface area contributed by atoms with Gasteiger partial charge in [0.2, 0.25) is 0 Å². The zero-order chi connectivity index (χ0) is 14.6. The molecule has 114 valence electrons. The summed E-state index contributed by atoms with van der Waals surface area (Å²) in [5, 5.41) is 6.36. The van der Waals surface area contributed by atoms with E-state index >= 15 is 0 Å². The number of aromatic nitrogens is 2. The van der Waals surface area contributed by atoms with Gasteiger partial charge in [0.1, 0.15) is 18.2 Å². The van der Waals surface area contributed by atoms with Crippen LogP contribution in [0.5, 0.6) is 0 Å². The summed E-state index contributed by atoms with van der Waals surface area (Å²) in [7, 11) is 3.58. The molecule has 0 amide bonds. The van der Waals surface area contributed by atoms with E-state index in [1.165, 1.54) is 0 Å². The second-order valence-electron chi connectivity index (χ2n) is 4.42. The molecular formula is C14H26N4O2. The van der Waals surface area contributed by atoms with E-state index < -0.39 is 0 Å². The lowest BCUT2D eigenvalue weighted by Crippen LogP contribution is -2.09. The number of anilines is 2. The number of nitrogens with zero attached hydrogens (tertiary/aromatic N) is 2. The molecule has 0 atom stereocenters. The molecule has 1 heterocycles. The van der Waals surface area contributed by atoms with Crippen LogP contribution >= 0.6 is 0 Å². The Kier molecular flexibility index (Phi) is 8.66. The predicted molar refractivity (Wildman–Crippen MR) is 81.1 cm³/mol. The second-order valence-corrected chi connectivity index (χ2v) is 4.42. The number of hydrogen-bond donors (Lipinski definition) is 2. The highest BCUT2D eigenvalue weighted by molar-refractivity contribution is 5.47. The quantitative estimate of drug-likeness (QED) is 0.607. The lowest BCUT2D eigenvalue weighted by molar-refractivity contribution is 0.128. The first kappa shape index (κ1) is 16.7. The Balaban J connectivity index is 2.42. The number of unbranched alkanes of at least 4 members (excludes halogenated alkanes) is 2. The fourth-order valence-electron chi connectivity index (χ4n) is 1.74. The normalized spacial score (nSPS) is 10.6. The summed E-state index contributed by atoms with van der Waals surface area (Å²) in [6, 6.07) is 1.91. The van der Waals surface area contributed by atoms with E-state index in [4.69, 9.17) is 9.47 Å². The number of rotatable bonds is 11. The summed E-state index contributed by atoms with van der Waals surface area (Å²) in [6.45, 7) is 4.79. The van der Waals surface area contributed by atoms with Crippen LogP contribution in [-0.4, -0.2) is 43.9 Å². The zero-order valence-corrected chi connectivity index (χ0v) is 12.7. The van der Waals surface area contributed by atoms with Gasteiger partial charge in [-0.25, -0.2) is 9.97 Å². The molecule has 2 N–H and O–H groups in total. The summed E-state index contributed by atoms with van der Waals surface area (Å²) in [6.07, 6.45) is 3.35. The Morgan fingerprint density at radius 1 is 1.15 bits per heavy atom.